The maximum atomic E-state index is 13.7. The summed E-state index contributed by atoms with van der Waals surface area (Å²) in [5.74, 6) is -2.77. The summed E-state index contributed by atoms with van der Waals surface area (Å²) in [4.78, 5) is -0.0623. The van der Waals surface area contributed by atoms with Crippen LogP contribution in [0.3, 0.4) is 0 Å². The van der Waals surface area contributed by atoms with Gasteiger partial charge in [-0.2, -0.15) is 0 Å². The molecule has 0 spiro atoms. The molecule has 0 fully saturated rings. The predicted molar refractivity (Wildman–Crippen MR) is 75.3 cm³/mol. The minimum absolute atomic E-state index is 0.0157. The second-order valence-electron chi connectivity index (χ2n) is 4.41. The van der Waals surface area contributed by atoms with Crippen molar-refractivity contribution >= 4 is 21.4 Å². The van der Waals surface area contributed by atoms with E-state index in [0.717, 1.165) is 17.0 Å². The number of aliphatic hydroxyl groups excluding tert-OH is 1. The molecule has 0 bridgehead atoms. The topological polar surface area (TPSA) is 66.4 Å². The SMILES string of the molecule is CC(NS(=O)(=O)c1cc(CO)cc(F)c1F)c1cccs1. The Hall–Kier alpha value is -1.35. The molecule has 2 aromatic rings. The minimum atomic E-state index is -4.24. The summed E-state index contributed by atoms with van der Waals surface area (Å²) in [5.41, 5.74) is -0.0157. The third-order valence-corrected chi connectivity index (χ3v) is 5.42. The average Bonchev–Trinajstić information content (AvgIpc) is 2.95. The van der Waals surface area contributed by atoms with Crippen molar-refractivity contribution in [3.8, 4) is 0 Å². The molecule has 0 radical (unpaired) electrons. The lowest BCUT2D eigenvalue weighted by Crippen LogP contribution is -2.27. The molecule has 1 atom stereocenters. The second kappa shape index (κ2) is 6.18. The lowest BCUT2D eigenvalue weighted by molar-refractivity contribution is 0.280. The molecule has 1 heterocycles. The van der Waals surface area contributed by atoms with Gasteiger partial charge in [-0.15, -0.1) is 11.3 Å². The molecule has 0 saturated carbocycles. The fraction of sp³-hybridized carbons (Fsp3) is 0.231. The van der Waals surface area contributed by atoms with Gasteiger partial charge in [0.05, 0.1) is 12.6 Å². The van der Waals surface area contributed by atoms with Crippen molar-refractivity contribution in [3.05, 3.63) is 51.7 Å². The molecule has 1 aromatic heterocycles. The Morgan fingerprint density at radius 2 is 2.10 bits per heavy atom. The van der Waals surface area contributed by atoms with Crippen LogP contribution in [0.15, 0.2) is 34.5 Å². The van der Waals surface area contributed by atoms with Crippen LogP contribution in [0.2, 0.25) is 0 Å². The van der Waals surface area contributed by atoms with Crippen molar-refractivity contribution in [2.24, 2.45) is 0 Å². The highest BCUT2D eigenvalue weighted by Crippen LogP contribution is 2.24. The van der Waals surface area contributed by atoms with Gasteiger partial charge in [0.1, 0.15) is 4.90 Å². The fourth-order valence-electron chi connectivity index (χ4n) is 1.80. The number of rotatable bonds is 5. The van der Waals surface area contributed by atoms with E-state index >= 15 is 0 Å². The monoisotopic (exact) mass is 333 g/mol. The van der Waals surface area contributed by atoms with Crippen LogP contribution in [-0.4, -0.2) is 13.5 Å². The Morgan fingerprint density at radius 1 is 1.38 bits per heavy atom. The number of hydrogen-bond donors (Lipinski definition) is 2. The van der Waals surface area contributed by atoms with Crippen LogP contribution in [0.4, 0.5) is 8.78 Å². The molecule has 0 aliphatic heterocycles. The zero-order chi connectivity index (χ0) is 15.6. The number of hydrogen-bond acceptors (Lipinski definition) is 4. The highest BCUT2D eigenvalue weighted by Gasteiger charge is 2.25. The Balaban J connectivity index is 2.38. The van der Waals surface area contributed by atoms with E-state index in [2.05, 4.69) is 4.72 Å². The van der Waals surface area contributed by atoms with Crippen LogP contribution in [0.1, 0.15) is 23.4 Å². The van der Waals surface area contributed by atoms with E-state index in [9.17, 15) is 17.2 Å². The summed E-state index contributed by atoms with van der Waals surface area (Å²) in [6.07, 6.45) is 0. The van der Waals surface area contributed by atoms with Crippen molar-refractivity contribution < 1.29 is 22.3 Å². The molecule has 2 rings (SSSR count). The Labute approximate surface area is 125 Å². The lowest BCUT2D eigenvalue weighted by atomic mass is 10.2. The number of halogens is 2. The van der Waals surface area contributed by atoms with Crippen molar-refractivity contribution in [1.29, 1.82) is 0 Å². The first-order valence-corrected chi connectivity index (χ1v) is 8.36. The quantitative estimate of drug-likeness (QED) is 0.884. The molecule has 0 aliphatic rings. The van der Waals surface area contributed by atoms with Crippen LogP contribution >= 0.6 is 11.3 Å². The van der Waals surface area contributed by atoms with Gasteiger partial charge in [0.15, 0.2) is 11.6 Å². The molecule has 114 valence electrons. The van der Waals surface area contributed by atoms with Gasteiger partial charge in [0.2, 0.25) is 10.0 Å². The van der Waals surface area contributed by atoms with E-state index in [1.807, 2.05) is 0 Å². The van der Waals surface area contributed by atoms with Crippen LogP contribution in [0.5, 0.6) is 0 Å². The second-order valence-corrected chi connectivity index (χ2v) is 7.07. The number of thiophene rings is 1. The normalized spacial score (nSPS) is 13.3. The van der Waals surface area contributed by atoms with Crippen LogP contribution in [0, 0.1) is 11.6 Å². The third-order valence-electron chi connectivity index (χ3n) is 2.83. The Kier molecular flexibility index (Phi) is 4.72. The standard InChI is InChI=1S/C13H13F2NO3S2/c1-8(11-3-2-4-20-11)16-21(18,19)12-6-9(7-17)5-10(14)13(12)15/h2-6,8,16-17H,7H2,1H3. The highest BCUT2D eigenvalue weighted by molar-refractivity contribution is 7.89. The molecule has 1 unspecified atom stereocenters. The van der Waals surface area contributed by atoms with Crippen molar-refractivity contribution in [1.82, 2.24) is 4.72 Å². The maximum Gasteiger partial charge on any atom is 0.244 e. The number of nitrogens with one attached hydrogen (secondary N) is 1. The molecule has 21 heavy (non-hydrogen) atoms. The van der Waals surface area contributed by atoms with Crippen LogP contribution < -0.4 is 4.72 Å². The highest BCUT2D eigenvalue weighted by atomic mass is 32.2. The van der Waals surface area contributed by atoms with E-state index < -0.39 is 39.2 Å². The van der Waals surface area contributed by atoms with Gasteiger partial charge in [0, 0.05) is 4.88 Å². The minimum Gasteiger partial charge on any atom is -0.392 e. The van der Waals surface area contributed by atoms with Crippen LogP contribution in [-0.2, 0) is 16.6 Å². The summed E-state index contributed by atoms with van der Waals surface area (Å²) >= 11 is 1.35. The average molecular weight is 333 g/mol. The largest absolute Gasteiger partial charge is 0.392 e. The molecule has 2 N–H and O–H groups in total. The summed E-state index contributed by atoms with van der Waals surface area (Å²) in [6.45, 7) is 1.02. The van der Waals surface area contributed by atoms with E-state index in [1.165, 1.54) is 11.3 Å². The van der Waals surface area contributed by atoms with E-state index in [-0.39, 0.29) is 5.56 Å². The molecular weight excluding hydrogens is 320 g/mol. The maximum absolute atomic E-state index is 13.7. The van der Waals surface area contributed by atoms with Gasteiger partial charge in [0.25, 0.3) is 0 Å². The first kappa shape index (κ1) is 16.0. The van der Waals surface area contributed by atoms with Gasteiger partial charge in [-0.25, -0.2) is 21.9 Å². The van der Waals surface area contributed by atoms with E-state index in [4.69, 9.17) is 5.11 Å². The Morgan fingerprint density at radius 3 is 2.67 bits per heavy atom. The first-order valence-electron chi connectivity index (χ1n) is 5.99. The molecule has 4 nitrogen and oxygen atoms in total. The molecule has 0 amide bonds. The van der Waals surface area contributed by atoms with Gasteiger partial charge < -0.3 is 5.11 Å². The lowest BCUT2D eigenvalue weighted by Gasteiger charge is -2.14. The molecular formula is C13H13F2NO3S2. The van der Waals surface area contributed by atoms with Gasteiger partial charge >= 0.3 is 0 Å². The number of aliphatic hydroxyl groups is 1. The zero-order valence-corrected chi connectivity index (χ0v) is 12.6. The smallest absolute Gasteiger partial charge is 0.244 e. The molecule has 0 aliphatic carbocycles. The summed E-state index contributed by atoms with van der Waals surface area (Å²) in [7, 11) is -4.24. The van der Waals surface area contributed by atoms with Crippen molar-refractivity contribution in [2.75, 3.05) is 0 Å². The van der Waals surface area contributed by atoms with Crippen molar-refractivity contribution in [3.63, 3.8) is 0 Å². The number of sulfonamides is 1. The van der Waals surface area contributed by atoms with Crippen LogP contribution in [0.25, 0.3) is 0 Å². The van der Waals surface area contributed by atoms with E-state index in [0.29, 0.717) is 0 Å². The molecule has 0 saturated heterocycles. The van der Waals surface area contributed by atoms with E-state index in [1.54, 1.807) is 24.4 Å². The summed E-state index contributed by atoms with van der Waals surface area (Å²) in [5, 5.41) is 10.8. The molecule has 1 aromatic carbocycles. The van der Waals surface area contributed by atoms with Gasteiger partial charge in [-0.05, 0) is 36.1 Å². The van der Waals surface area contributed by atoms with Crippen molar-refractivity contribution in [2.45, 2.75) is 24.5 Å². The predicted octanol–water partition coefficient (Wildman–Crippen LogP) is 2.56. The fourth-order valence-corrected chi connectivity index (χ4v) is 3.96. The van der Waals surface area contributed by atoms with Gasteiger partial charge in [-0.3, -0.25) is 0 Å². The Bertz CT molecular complexity index is 730. The molecule has 8 heteroatoms. The summed E-state index contributed by atoms with van der Waals surface area (Å²) in [6, 6.07) is 4.60. The summed E-state index contributed by atoms with van der Waals surface area (Å²) < 4.78 is 53.8. The third kappa shape index (κ3) is 3.46. The first-order chi connectivity index (χ1) is 9.85. The zero-order valence-electron chi connectivity index (χ0n) is 11.0. The number of benzene rings is 1. The van der Waals surface area contributed by atoms with Gasteiger partial charge in [-0.1, -0.05) is 6.07 Å².